The van der Waals surface area contributed by atoms with Crippen molar-refractivity contribution in [2.75, 3.05) is 13.1 Å². The summed E-state index contributed by atoms with van der Waals surface area (Å²) in [6, 6.07) is 7.79. The van der Waals surface area contributed by atoms with Crippen LogP contribution in [0.5, 0.6) is 0 Å². The summed E-state index contributed by atoms with van der Waals surface area (Å²) in [4.78, 5) is 31.7. The van der Waals surface area contributed by atoms with Gasteiger partial charge in [0.1, 0.15) is 5.69 Å². The molecule has 3 aromatic rings. The molecule has 0 bridgehead atoms. The van der Waals surface area contributed by atoms with E-state index in [9.17, 15) is 4.79 Å². The second-order valence-corrected chi connectivity index (χ2v) is 7.61. The third-order valence-electron chi connectivity index (χ3n) is 5.55. The molecule has 148 valence electrons. The van der Waals surface area contributed by atoms with E-state index in [-0.39, 0.29) is 5.56 Å². The Morgan fingerprint density at radius 2 is 2.14 bits per heavy atom. The summed E-state index contributed by atoms with van der Waals surface area (Å²) in [5.41, 5.74) is 4.54. The van der Waals surface area contributed by atoms with Gasteiger partial charge in [-0.05, 0) is 43.0 Å². The lowest BCUT2D eigenvalue weighted by Gasteiger charge is -2.27. The largest absolute Gasteiger partial charge is 0.463 e. The maximum Gasteiger partial charge on any atom is 0.255 e. The van der Waals surface area contributed by atoms with Crippen LogP contribution in [0.15, 0.2) is 50.9 Å². The summed E-state index contributed by atoms with van der Waals surface area (Å²) >= 11 is 0. The van der Waals surface area contributed by atoms with Gasteiger partial charge in [0.05, 0.1) is 23.2 Å². The van der Waals surface area contributed by atoms with E-state index >= 15 is 0 Å². The van der Waals surface area contributed by atoms with E-state index < -0.39 is 0 Å². The Bertz CT molecular complexity index is 1080. The molecule has 7 heteroatoms. The number of furan rings is 1. The van der Waals surface area contributed by atoms with Crippen LogP contribution in [0.1, 0.15) is 41.9 Å². The molecule has 0 unspecified atom stereocenters. The number of rotatable bonds is 4. The van der Waals surface area contributed by atoms with Crippen molar-refractivity contribution in [2.24, 2.45) is 4.99 Å². The summed E-state index contributed by atoms with van der Waals surface area (Å²) in [7, 11) is 0. The molecule has 2 aliphatic heterocycles. The fraction of sp³-hybridized carbons (Fsp3) is 0.364. The number of fused-ring (bicyclic) bond motifs is 1. The average Bonchev–Trinajstić information content (AvgIpc) is 3.30. The molecular formula is C22H23N5O2. The van der Waals surface area contributed by atoms with Gasteiger partial charge in [-0.1, -0.05) is 6.07 Å². The highest BCUT2D eigenvalue weighted by Gasteiger charge is 2.22. The van der Waals surface area contributed by atoms with Gasteiger partial charge in [-0.2, -0.15) is 0 Å². The molecule has 0 atom stereocenters. The molecule has 0 saturated carbocycles. The Hall–Kier alpha value is -3.06. The van der Waals surface area contributed by atoms with E-state index in [1.54, 1.807) is 6.26 Å². The van der Waals surface area contributed by atoms with Crippen molar-refractivity contribution in [3.05, 3.63) is 69.7 Å². The van der Waals surface area contributed by atoms with Gasteiger partial charge < -0.3 is 9.40 Å². The van der Waals surface area contributed by atoms with Crippen LogP contribution in [-0.2, 0) is 19.5 Å². The van der Waals surface area contributed by atoms with Gasteiger partial charge in [0.15, 0.2) is 11.6 Å². The molecule has 0 spiro atoms. The zero-order chi connectivity index (χ0) is 19.6. The number of aromatic amines is 1. The van der Waals surface area contributed by atoms with Crippen molar-refractivity contribution in [2.45, 2.75) is 38.8 Å². The van der Waals surface area contributed by atoms with Crippen LogP contribution in [0.2, 0.25) is 0 Å². The molecule has 0 aromatic carbocycles. The number of aromatic nitrogens is 3. The molecule has 0 saturated heterocycles. The van der Waals surface area contributed by atoms with Crippen LogP contribution in [0.25, 0.3) is 11.5 Å². The normalized spacial score (nSPS) is 17.0. The smallest absolute Gasteiger partial charge is 0.255 e. The third kappa shape index (κ3) is 3.78. The fourth-order valence-electron chi connectivity index (χ4n) is 3.99. The zero-order valence-corrected chi connectivity index (χ0v) is 16.2. The van der Waals surface area contributed by atoms with Crippen molar-refractivity contribution in [1.82, 2.24) is 19.9 Å². The SMILES string of the molecule is O=c1[nH]c(C2=NCCCC2)nc2c1CN(Cc1ccc(-c3ccco3)nc1)CC2. The molecule has 29 heavy (non-hydrogen) atoms. The molecular weight excluding hydrogens is 366 g/mol. The summed E-state index contributed by atoms with van der Waals surface area (Å²) in [5, 5.41) is 0. The minimum atomic E-state index is -0.0331. The quantitative estimate of drug-likeness (QED) is 0.741. The molecule has 7 nitrogen and oxygen atoms in total. The summed E-state index contributed by atoms with van der Waals surface area (Å²) in [5.74, 6) is 1.43. The van der Waals surface area contributed by atoms with Crippen molar-refractivity contribution in [1.29, 1.82) is 0 Å². The molecule has 5 rings (SSSR count). The Morgan fingerprint density at radius 3 is 2.90 bits per heavy atom. The molecule has 3 aromatic heterocycles. The maximum atomic E-state index is 12.7. The predicted octanol–water partition coefficient (Wildman–Crippen LogP) is 2.96. The van der Waals surface area contributed by atoms with Crippen LogP contribution in [0.4, 0.5) is 0 Å². The molecule has 0 radical (unpaired) electrons. The van der Waals surface area contributed by atoms with E-state index in [0.29, 0.717) is 12.4 Å². The van der Waals surface area contributed by atoms with Crippen LogP contribution in [0, 0.1) is 0 Å². The first-order chi connectivity index (χ1) is 14.3. The lowest BCUT2D eigenvalue weighted by atomic mass is 10.0. The van der Waals surface area contributed by atoms with Gasteiger partial charge in [-0.25, -0.2) is 4.98 Å². The van der Waals surface area contributed by atoms with E-state index in [4.69, 9.17) is 9.40 Å². The Kier molecular flexibility index (Phi) is 4.81. The van der Waals surface area contributed by atoms with E-state index in [0.717, 1.165) is 79.3 Å². The van der Waals surface area contributed by atoms with E-state index in [1.165, 1.54) is 0 Å². The number of hydrogen-bond donors (Lipinski definition) is 1. The van der Waals surface area contributed by atoms with E-state index in [2.05, 4.69) is 25.9 Å². The van der Waals surface area contributed by atoms with Gasteiger partial charge >= 0.3 is 0 Å². The van der Waals surface area contributed by atoms with Crippen molar-refractivity contribution < 1.29 is 4.42 Å². The topological polar surface area (TPSA) is 87.4 Å². The average molecular weight is 389 g/mol. The lowest BCUT2D eigenvalue weighted by molar-refractivity contribution is 0.241. The minimum absolute atomic E-state index is 0.0331. The first-order valence-electron chi connectivity index (χ1n) is 10.1. The van der Waals surface area contributed by atoms with Crippen molar-refractivity contribution in [3.8, 4) is 11.5 Å². The third-order valence-corrected chi connectivity index (χ3v) is 5.55. The summed E-state index contributed by atoms with van der Waals surface area (Å²) < 4.78 is 5.39. The number of nitrogens with one attached hydrogen (secondary N) is 1. The van der Waals surface area contributed by atoms with Gasteiger partial charge in [-0.3, -0.25) is 19.7 Å². The molecule has 2 aliphatic rings. The highest BCUT2D eigenvalue weighted by Crippen LogP contribution is 2.20. The molecule has 0 aliphatic carbocycles. The van der Waals surface area contributed by atoms with Crippen LogP contribution in [0.3, 0.4) is 0 Å². The minimum Gasteiger partial charge on any atom is -0.463 e. The first-order valence-corrected chi connectivity index (χ1v) is 10.1. The Morgan fingerprint density at radius 1 is 1.17 bits per heavy atom. The highest BCUT2D eigenvalue weighted by molar-refractivity contribution is 5.97. The monoisotopic (exact) mass is 389 g/mol. The zero-order valence-electron chi connectivity index (χ0n) is 16.2. The van der Waals surface area contributed by atoms with Gasteiger partial charge in [0, 0.05) is 38.8 Å². The van der Waals surface area contributed by atoms with Gasteiger partial charge in [0.2, 0.25) is 0 Å². The number of nitrogens with zero attached hydrogens (tertiary/aromatic N) is 4. The number of pyridine rings is 1. The second kappa shape index (κ2) is 7.75. The lowest BCUT2D eigenvalue weighted by Crippen LogP contribution is -2.36. The first kappa shape index (κ1) is 18.0. The molecule has 5 heterocycles. The molecule has 0 fully saturated rings. The highest BCUT2D eigenvalue weighted by atomic mass is 16.3. The van der Waals surface area contributed by atoms with Gasteiger partial charge in [0.25, 0.3) is 5.56 Å². The number of hydrogen-bond acceptors (Lipinski definition) is 6. The summed E-state index contributed by atoms with van der Waals surface area (Å²) in [6.45, 7) is 3.05. The fourth-order valence-corrected chi connectivity index (χ4v) is 3.99. The van der Waals surface area contributed by atoms with Crippen LogP contribution in [-0.4, -0.2) is 38.7 Å². The Labute approximate surface area is 168 Å². The predicted molar refractivity (Wildman–Crippen MR) is 110 cm³/mol. The maximum absolute atomic E-state index is 12.7. The second-order valence-electron chi connectivity index (χ2n) is 7.61. The molecule has 1 N–H and O–H groups in total. The van der Waals surface area contributed by atoms with E-state index in [1.807, 2.05) is 24.4 Å². The standard InChI is InChI=1S/C22H23N5O2/c28-22-16-14-27(13-15-6-7-18(24-12-15)20-5-3-11-29-20)10-8-17(16)25-21(26-22)19-4-1-2-9-23-19/h3,5-7,11-12H,1-2,4,8-10,13-14H2,(H,25,26,28). The van der Waals surface area contributed by atoms with Crippen molar-refractivity contribution >= 4 is 5.71 Å². The number of H-pyrrole nitrogens is 1. The van der Waals surface area contributed by atoms with Crippen LogP contribution < -0.4 is 5.56 Å². The molecule has 0 amide bonds. The van der Waals surface area contributed by atoms with Gasteiger partial charge in [-0.15, -0.1) is 0 Å². The Balaban J connectivity index is 1.31. The van der Waals surface area contributed by atoms with Crippen LogP contribution >= 0.6 is 0 Å². The van der Waals surface area contributed by atoms with Crippen molar-refractivity contribution in [3.63, 3.8) is 0 Å². The summed E-state index contributed by atoms with van der Waals surface area (Å²) in [6.07, 6.45) is 7.42. The number of aliphatic imine (C=N–C) groups is 1.